The van der Waals surface area contributed by atoms with Gasteiger partial charge < -0.3 is 4.84 Å². The average molecular weight is 230 g/mol. The third-order valence-corrected chi connectivity index (χ3v) is 3.83. The third kappa shape index (κ3) is 0.806. The number of rotatable bonds is 0. The lowest BCUT2D eigenvalue weighted by Gasteiger charge is -2.19. The fourth-order valence-corrected chi connectivity index (χ4v) is 3.00. The van der Waals surface area contributed by atoms with Crippen molar-refractivity contribution in [2.75, 3.05) is 0 Å². The average Bonchev–Trinajstić information content (AvgIpc) is 2.97. The molecule has 4 nitrogen and oxygen atoms in total. The van der Waals surface area contributed by atoms with Gasteiger partial charge in [-0.2, -0.15) is 0 Å². The molecule has 1 aromatic heterocycles. The van der Waals surface area contributed by atoms with E-state index in [2.05, 4.69) is 5.16 Å². The summed E-state index contributed by atoms with van der Waals surface area (Å²) in [4.78, 5) is 20.0. The molecule has 4 rings (SSSR count). The van der Waals surface area contributed by atoms with Gasteiger partial charge in [-0.3, -0.25) is 9.69 Å². The molecule has 78 valence electrons. The lowest BCUT2D eigenvalue weighted by Crippen LogP contribution is -2.24. The molecule has 0 aromatic carbocycles. The van der Waals surface area contributed by atoms with Crippen LogP contribution in [0.1, 0.15) is 10.4 Å². The van der Waals surface area contributed by atoms with Crippen LogP contribution in [0.2, 0.25) is 0 Å². The number of hydrogen-bond donors (Lipinski definition) is 0. The summed E-state index contributed by atoms with van der Waals surface area (Å²) < 4.78 is 0. The predicted molar refractivity (Wildman–Crippen MR) is 60.2 cm³/mol. The Hall–Kier alpha value is -1.88. The minimum atomic E-state index is -0.328. The van der Waals surface area contributed by atoms with E-state index < -0.39 is 0 Å². The number of nitrogens with zero attached hydrogens (tertiary/aromatic N) is 2. The van der Waals surface area contributed by atoms with Crippen molar-refractivity contribution in [3.05, 3.63) is 33.8 Å². The summed E-state index contributed by atoms with van der Waals surface area (Å²) in [6, 6.07) is 2.01. The second-order valence-corrected chi connectivity index (χ2v) is 4.71. The Balaban J connectivity index is 2.02. The normalized spacial score (nSPS) is 24.6. The van der Waals surface area contributed by atoms with E-state index in [-0.39, 0.29) is 11.8 Å². The second-order valence-electron chi connectivity index (χ2n) is 3.76. The zero-order valence-corrected chi connectivity index (χ0v) is 8.90. The Morgan fingerprint density at radius 1 is 1.50 bits per heavy atom. The molecule has 16 heavy (non-hydrogen) atoms. The van der Waals surface area contributed by atoms with Gasteiger partial charge in [-0.25, -0.2) is 0 Å². The van der Waals surface area contributed by atoms with Gasteiger partial charge in [-0.05, 0) is 17.5 Å². The van der Waals surface area contributed by atoms with Gasteiger partial charge in [0, 0.05) is 16.6 Å². The van der Waals surface area contributed by atoms with E-state index in [1.54, 1.807) is 28.7 Å². The zero-order chi connectivity index (χ0) is 10.7. The quantitative estimate of drug-likeness (QED) is 0.682. The molecule has 5 heteroatoms. The van der Waals surface area contributed by atoms with Crippen molar-refractivity contribution in [2.24, 2.45) is 11.1 Å². The Morgan fingerprint density at radius 2 is 2.44 bits per heavy atom. The Bertz CT molecular complexity index is 597. The molecule has 1 unspecified atom stereocenters. The van der Waals surface area contributed by atoms with Crippen molar-refractivity contribution in [2.45, 2.75) is 0 Å². The smallest absolute Gasteiger partial charge is 0.247 e. The Labute approximate surface area is 95.1 Å². The van der Waals surface area contributed by atoms with Gasteiger partial charge >= 0.3 is 0 Å². The highest BCUT2D eigenvalue weighted by Crippen LogP contribution is 2.43. The molecule has 0 bridgehead atoms. The van der Waals surface area contributed by atoms with Crippen LogP contribution in [0.4, 0.5) is 0 Å². The van der Waals surface area contributed by atoms with Crippen LogP contribution in [0.25, 0.3) is 11.8 Å². The second kappa shape index (κ2) is 2.62. The summed E-state index contributed by atoms with van der Waals surface area (Å²) in [6.07, 6.45) is 5.32. The fourth-order valence-electron chi connectivity index (χ4n) is 2.22. The maximum Gasteiger partial charge on any atom is 0.247 e. The lowest BCUT2D eigenvalue weighted by molar-refractivity contribution is -0.126. The van der Waals surface area contributed by atoms with Gasteiger partial charge in [0.15, 0.2) is 5.76 Å². The van der Waals surface area contributed by atoms with Gasteiger partial charge in [-0.15, -0.1) is 11.3 Å². The summed E-state index contributed by atoms with van der Waals surface area (Å²) in [5, 5.41) is 5.73. The fraction of sp³-hybridized carbons (Fsp3) is 0.0909. The van der Waals surface area contributed by atoms with Crippen molar-refractivity contribution in [3.63, 3.8) is 0 Å². The molecular formula is C11H6N2O2S. The summed E-state index contributed by atoms with van der Waals surface area (Å²) in [7, 11) is 0. The van der Waals surface area contributed by atoms with Gasteiger partial charge in [0.25, 0.3) is 0 Å². The summed E-state index contributed by atoms with van der Waals surface area (Å²) >= 11 is 1.65. The molecule has 1 atom stereocenters. The maximum atomic E-state index is 12.0. The van der Waals surface area contributed by atoms with E-state index in [9.17, 15) is 4.79 Å². The van der Waals surface area contributed by atoms with Gasteiger partial charge in [0.05, 0.1) is 11.9 Å². The molecule has 0 saturated carbocycles. The van der Waals surface area contributed by atoms with E-state index >= 15 is 0 Å². The number of thiophene rings is 1. The molecule has 0 radical (unpaired) electrons. The molecule has 3 aliphatic heterocycles. The third-order valence-electron chi connectivity index (χ3n) is 2.95. The first-order valence-electron chi connectivity index (χ1n) is 4.90. The highest BCUT2D eigenvalue weighted by atomic mass is 32.1. The Morgan fingerprint density at radius 3 is 3.38 bits per heavy atom. The number of carbonyl (C=O) groups excluding carboxylic acids is 1. The van der Waals surface area contributed by atoms with Crippen LogP contribution in [0.15, 0.2) is 28.6 Å². The van der Waals surface area contributed by atoms with Crippen molar-refractivity contribution in [1.29, 1.82) is 0 Å². The van der Waals surface area contributed by atoms with Crippen molar-refractivity contribution in [3.8, 4) is 0 Å². The molecule has 0 N–H and O–H groups in total. The van der Waals surface area contributed by atoms with E-state index in [0.717, 1.165) is 16.1 Å². The van der Waals surface area contributed by atoms with Crippen LogP contribution in [0.5, 0.6) is 0 Å². The van der Waals surface area contributed by atoms with Gasteiger partial charge in [0.1, 0.15) is 5.92 Å². The van der Waals surface area contributed by atoms with Crippen LogP contribution < -0.4 is 0 Å². The van der Waals surface area contributed by atoms with Crippen LogP contribution >= 0.6 is 11.3 Å². The number of fused-ring (bicyclic) bond motifs is 4. The number of carbonyl (C=O) groups is 1. The summed E-state index contributed by atoms with van der Waals surface area (Å²) in [5.74, 6) is 0.346. The molecule has 1 amide bonds. The standard InChI is InChI=1S/C11H6N2O2S/c14-11-7-5-12-15-10(7)9-6-2-4-16-8(6)1-3-13(9)11/h1-5,7H. The lowest BCUT2D eigenvalue weighted by atomic mass is 10.1. The number of hydrogen-bond acceptors (Lipinski definition) is 4. The van der Waals surface area contributed by atoms with E-state index in [4.69, 9.17) is 4.84 Å². The SMILES string of the molecule is O=C1C2C=NOC2=C2c3ccsc3C=CN12. The highest BCUT2D eigenvalue weighted by Gasteiger charge is 2.44. The molecule has 0 aliphatic carbocycles. The molecule has 0 fully saturated rings. The first-order chi connectivity index (χ1) is 7.86. The Kier molecular flexibility index (Phi) is 1.36. The molecular weight excluding hydrogens is 224 g/mol. The molecule has 0 spiro atoms. The zero-order valence-electron chi connectivity index (χ0n) is 8.08. The predicted octanol–water partition coefficient (Wildman–Crippen LogP) is 1.88. The minimum absolute atomic E-state index is 0.0133. The monoisotopic (exact) mass is 230 g/mol. The topological polar surface area (TPSA) is 41.9 Å². The molecule has 0 saturated heterocycles. The van der Waals surface area contributed by atoms with Crippen LogP contribution in [0.3, 0.4) is 0 Å². The molecule has 1 aromatic rings. The minimum Gasteiger partial charge on any atom is -0.358 e. The van der Waals surface area contributed by atoms with Crippen LogP contribution in [-0.2, 0) is 9.63 Å². The van der Waals surface area contributed by atoms with Crippen LogP contribution in [0, 0.1) is 5.92 Å². The van der Waals surface area contributed by atoms with Crippen molar-refractivity contribution >= 4 is 35.2 Å². The van der Waals surface area contributed by atoms with Gasteiger partial charge in [0.2, 0.25) is 5.91 Å². The highest BCUT2D eigenvalue weighted by molar-refractivity contribution is 7.11. The largest absolute Gasteiger partial charge is 0.358 e. The maximum absolute atomic E-state index is 12.0. The first-order valence-corrected chi connectivity index (χ1v) is 5.78. The van der Waals surface area contributed by atoms with Gasteiger partial charge in [-0.1, -0.05) is 5.16 Å². The van der Waals surface area contributed by atoms with Crippen LogP contribution in [-0.4, -0.2) is 17.0 Å². The number of oxime groups is 1. The van der Waals surface area contributed by atoms with E-state index in [0.29, 0.717) is 5.76 Å². The van der Waals surface area contributed by atoms with Crippen molar-refractivity contribution in [1.82, 2.24) is 4.90 Å². The summed E-state index contributed by atoms with van der Waals surface area (Å²) in [6.45, 7) is 0. The van der Waals surface area contributed by atoms with E-state index in [1.165, 1.54) is 0 Å². The first kappa shape index (κ1) is 8.29. The summed E-state index contributed by atoms with van der Waals surface area (Å²) in [5.41, 5.74) is 1.91. The number of amides is 1. The van der Waals surface area contributed by atoms with E-state index in [1.807, 2.05) is 17.5 Å². The molecule has 3 aliphatic rings. The van der Waals surface area contributed by atoms with Crippen molar-refractivity contribution < 1.29 is 9.63 Å². The molecule has 4 heterocycles.